The third-order valence-corrected chi connectivity index (χ3v) is 12.6. The summed E-state index contributed by atoms with van der Waals surface area (Å²) in [5.41, 5.74) is 19.3. The van der Waals surface area contributed by atoms with Gasteiger partial charge >= 0.3 is 0 Å². The average molecular weight is 706 g/mol. The largest absolute Gasteiger partial charge is 0.456 e. The van der Waals surface area contributed by atoms with Crippen molar-refractivity contribution in [1.29, 1.82) is 0 Å². The number of furan rings is 1. The summed E-state index contributed by atoms with van der Waals surface area (Å²) in [6.07, 6.45) is 0. The van der Waals surface area contributed by atoms with Gasteiger partial charge in [0.25, 0.3) is 0 Å². The van der Waals surface area contributed by atoms with Crippen LogP contribution < -0.4 is 4.90 Å². The highest BCUT2D eigenvalue weighted by molar-refractivity contribution is 6.07. The minimum absolute atomic E-state index is 0.0353. The molecule has 0 saturated heterocycles. The Morgan fingerprint density at radius 2 is 0.891 bits per heavy atom. The molecule has 2 heteroatoms. The summed E-state index contributed by atoms with van der Waals surface area (Å²) in [5.74, 6) is 0. The first-order valence-corrected chi connectivity index (χ1v) is 19.3. The molecule has 0 N–H and O–H groups in total. The minimum atomic E-state index is -0.279. The van der Waals surface area contributed by atoms with Gasteiger partial charge in [-0.2, -0.15) is 0 Å². The van der Waals surface area contributed by atoms with Crippen LogP contribution in [0.3, 0.4) is 0 Å². The number of fused-ring (bicyclic) bond motifs is 9. The van der Waals surface area contributed by atoms with Crippen LogP contribution in [0.1, 0.15) is 48.6 Å². The minimum Gasteiger partial charge on any atom is -0.456 e. The Labute approximate surface area is 322 Å². The molecule has 0 amide bonds. The van der Waals surface area contributed by atoms with Crippen LogP contribution in [0.4, 0.5) is 17.1 Å². The van der Waals surface area contributed by atoms with Crippen LogP contribution in [0.15, 0.2) is 186 Å². The zero-order valence-electron chi connectivity index (χ0n) is 31.2. The van der Waals surface area contributed by atoms with Crippen molar-refractivity contribution < 1.29 is 4.42 Å². The van der Waals surface area contributed by atoms with Crippen LogP contribution >= 0.6 is 0 Å². The quantitative estimate of drug-likeness (QED) is 0.177. The number of rotatable bonds is 5. The van der Waals surface area contributed by atoms with Crippen molar-refractivity contribution in [3.8, 4) is 33.4 Å². The fourth-order valence-electron chi connectivity index (χ4n) is 9.69. The van der Waals surface area contributed by atoms with E-state index in [0.29, 0.717) is 0 Å². The molecule has 8 aromatic carbocycles. The van der Waals surface area contributed by atoms with Crippen LogP contribution in [-0.4, -0.2) is 0 Å². The average Bonchev–Trinajstić information content (AvgIpc) is 3.82. The van der Waals surface area contributed by atoms with Crippen molar-refractivity contribution in [3.05, 3.63) is 210 Å². The van der Waals surface area contributed by atoms with Gasteiger partial charge in [0.2, 0.25) is 0 Å². The summed E-state index contributed by atoms with van der Waals surface area (Å²) in [4.78, 5) is 2.35. The number of hydrogen-bond acceptors (Lipinski definition) is 2. The summed E-state index contributed by atoms with van der Waals surface area (Å²) in [6.45, 7) is 7.06. The van der Waals surface area contributed by atoms with E-state index < -0.39 is 0 Å². The maximum Gasteiger partial charge on any atom is 0.135 e. The van der Waals surface area contributed by atoms with Crippen LogP contribution in [0, 0.1) is 0 Å². The normalized spacial score (nSPS) is 14.4. The van der Waals surface area contributed by atoms with Crippen LogP contribution in [0.5, 0.6) is 0 Å². The molecule has 262 valence electrons. The number of anilines is 3. The van der Waals surface area contributed by atoms with Gasteiger partial charge in [-0.25, -0.2) is 0 Å². The number of para-hydroxylation sites is 1. The van der Waals surface area contributed by atoms with Crippen molar-refractivity contribution in [2.24, 2.45) is 0 Å². The molecule has 55 heavy (non-hydrogen) atoms. The van der Waals surface area contributed by atoms with Gasteiger partial charge in [-0.05, 0) is 129 Å². The standard InChI is InChI=1S/C53H39NO/c1-52(2)46-18-10-7-15-40(46)43-28-23-35(31-49(43)52)34-21-25-38(26-22-34)54(37-13-5-4-6-14-37)39-27-30-51-45(33-39)44-32-36(24-29-50(44)55-51)53(3)47-19-11-8-16-41(47)42-17-9-12-20-48(42)53/h4-33H,1-3H3. The van der Waals surface area contributed by atoms with Gasteiger partial charge in [0.05, 0.1) is 0 Å². The molecule has 11 rings (SSSR count). The predicted octanol–water partition coefficient (Wildman–Crippen LogP) is 14.4. The van der Waals surface area contributed by atoms with E-state index in [2.05, 4.69) is 208 Å². The SMILES string of the molecule is CC1(C)c2ccccc2-c2ccc(-c3ccc(N(c4ccccc4)c4ccc5oc6ccc(C7(C)c8ccccc8-c8ccccc87)cc6c5c4)cc3)cc21. The second-order valence-corrected chi connectivity index (χ2v) is 15.9. The second kappa shape index (κ2) is 11.7. The maximum atomic E-state index is 6.50. The zero-order valence-corrected chi connectivity index (χ0v) is 31.2. The van der Waals surface area contributed by atoms with E-state index in [1.54, 1.807) is 0 Å². The second-order valence-electron chi connectivity index (χ2n) is 15.9. The molecule has 2 aliphatic rings. The number of benzene rings is 8. The Balaban J connectivity index is 1.00. The topological polar surface area (TPSA) is 16.4 Å². The van der Waals surface area contributed by atoms with E-state index in [1.807, 2.05) is 0 Å². The maximum absolute atomic E-state index is 6.50. The molecule has 1 heterocycles. The van der Waals surface area contributed by atoms with E-state index in [9.17, 15) is 0 Å². The fourth-order valence-corrected chi connectivity index (χ4v) is 9.69. The Morgan fingerprint density at radius 3 is 1.58 bits per heavy atom. The molecular weight excluding hydrogens is 667 g/mol. The highest BCUT2D eigenvalue weighted by Gasteiger charge is 2.40. The third kappa shape index (κ3) is 4.61. The predicted molar refractivity (Wildman–Crippen MR) is 229 cm³/mol. The van der Waals surface area contributed by atoms with Crippen molar-refractivity contribution in [1.82, 2.24) is 0 Å². The summed E-state index contributed by atoms with van der Waals surface area (Å²) in [6, 6.07) is 66.6. The van der Waals surface area contributed by atoms with Crippen molar-refractivity contribution in [2.45, 2.75) is 31.6 Å². The Hall–Kier alpha value is -6.64. The van der Waals surface area contributed by atoms with Gasteiger partial charge in [0, 0.05) is 38.7 Å². The van der Waals surface area contributed by atoms with E-state index in [4.69, 9.17) is 4.42 Å². The van der Waals surface area contributed by atoms with Gasteiger partial charge < -0.3 is 9.32 Å². The van der Waals surface area contributed by atoms with Crippen molar-refractivity contribution in [2.75, 3.05) is 4.90 Å². The lowest BCUT2D eigenvalue weighted by Gasteiger charge is -2.28. The van der Waals surface area contributed by atoms with E-state index in [-0.39, 0.29) is 10.8 Å². The lowest BCUT2D eigenvalue weighted by molar-refractivity contribution is 0.660. The van der Waals surface area contributed by atoms with E-state index in [1.165, 1.54) is 61.2 Å². The first-order chi connectivity index (χ1) is 26.9. The molecule has 0 aliphatic heterocycles. The van der Waals surface area contributed by atoms with Gasteiger partial charge in [-0.1, -0.05) is 135 Å². The lowest BCUT2D eigenvalue weighted by Crippen LogP contribution is -2.22. The molecule has 0 bridgehead atoms. The molecular formula is C53H39NO. The first-order valence-electron chi connectivity index (χ1n) is 19.3. The van der Waals surface area contributed by atoms with Crippen molar-refractivity contribution >= 4 is 39.0 Å². The van der Waals surface area contributed by atoms with Crippen LogP contribution in [0.25, 0.3) is 55.3 Å². The van der Waals surface area contributed by atoms with E-state index in [0.717, 1.165) is 39.0 Å². The summed E-state index contributed by atoms with van der Waals surface area (Å²) in [7, 11) is 0. The first kappa shape index (κ1) is 31.8. The highest BCUT2D eigenvalue weighted by atomic mass is 16.3. The number of nitrogens with zero attached hydrogens (tertiary/aromatic N) is 1. The summed E-state index contributed by atoms with van der Waals surface area (Å²) >= 11 is 0. The lowest BCUT2D eigenvalue weighted by atomic mass is 9.74. The molecule has 9 aromatic rings. The molecule has 0 atom stereocenters. The van der Waals surface area contributed by atoms with Crippen molar-refractivity contribution in [3.63, 3.8) is 0 Å². The highest BCUT2D eigenvalue weighted by Crippen LogP contribution is 2.53. The van der Waals surface area contributed by atoms with Crippen LogP contribution in [0.2, 0.25) is 0 Å². The molecule has 2 aliphatic carbocycles. The van der Waals surface area contributed by atoms with Gasteiger partial charge in [-0.15, -0.1) is 0 Å². The monoisotopic (exact) mass is 705 g/mol. The van der Waals surface area contributed by atoms with Gasteiger partial charge in [0.15, 0.2) is 0 Å². The Bertz CT molecular complexity index is 2920. The van der Waals surface area contributed by atoms with E-state index >= 15 is 0 Å². The Kier molecular flexibility index (Phi) is 6.76. The molecule has 1 aromatic heterocycles. The third-order valence-electron chi connectivity index (χ3n) is 12.6. The van der Waals surface area contributed by atoms with Gasteiger partial charge in [0.1, 0.15) is 11.2 Å². The summed E-state index contributed by atoms with van der Waals surface area (Å²) in [5, 5.41) is 2.24. The van der Waals surface area contributed by atoms with Crippen LogP contribution in [-0.2, 0) is 10.8 Å². The summed E-state index contributed by atoms with van der Waals surface area (Å²) < 4.78 is 6.50. The molecule has 0 spiro atoms. The zero-order chi connectivity index (χ0) is 36.9. The smallest absolute Gasteiger partial charge is 0.135 e. The van der Waals surface area contributed by atoms with Gasteiger partial charge in [-0.3, -0.25) is 0 Å². The number of hydrogen-bond donors (Lipinski definition) is 0. The molecule has 0 saturated carbocycles. The molecule has 0 fully saturated rings. The Morgan fingerprint density at radius 1 is 0.382 bits per heavy atom. The molecule has 2 nitrogen and oxygen atoms in total. The molecule has 0 radical (unpaired) electrons. The molecule has 0 unspecified atom stereocenters. The fraction of sp³-hybridized carbons (Fsp3) is 0.0943.